The van der Waals surface area contributed by atoms with Gasteiger partial charge in [-0.25, -0.2) is 0 Å². The van der Waals surface area contributed by atoms with Gasteiger partial charge in [0.15, 0.2) is 0 Å². The normalized spacial score (nSPS) is 13.8. The minimum Gasteiger partial charge on any atom is -0.0579 e. The van der Waals surface area contributed by atoms with E-state index >= 15 is 0 Å². The molecular weight excluding hydrogens is 1060 g/mol. The van der Waals surface area contributed by atoms with Gasteiger partial charge < -0.3 is 0 Å². The van der Waals surface area contributed by atoms with Crippen molar-refractivity contribution >= 4 is 32.8 Å². The molecule has 3 aromatic heterocycles. The van der Waals surface area contributed by atoms with E-state index in [9.17, 15) is 0 Å². The molecule has 0 bridgehead atoms. The Balaban J connectivity index is 0.934. The maximum absolute atomic E-state index is 6.81. The molecule has 6 heteroatoms. The van der Waals surface area contributed by atoms with Crippen LogP contribution in [0.4, 0.5) is 0 Å². The van der Waals surface area contributed by atoms with Crippen molar-refractivity contribution in [3.8, 4) is 62.1 Å². The van der Waals surface area contributed by atoms with Crippen molar-refractivity contribution in [1.29, 1.82) is 0 Å². The second kappa shape index (κ2) is 17.8. The minimum absolute atomic E-state index is 0.0921. The molecule has 0 spiro atoms. The Morgan fingerprint density at radius 2 is 1.19 bits per heavy atom. The Bertz CT molecular complexity index is 3890. The monoisotopic (exact) mass is 1110 g/mol. The van der Waals surface area contributed by atoms with Crippen LogP contribution >= 0.6 is 0 Å². The molecule has 0 saturated carbocycles. The summed E-state index contributed by atoms with van der Waals surface area (Å²) in [6, 6.07) is 68.6. The standard InChI is InChI=1S/C66H54N4O.Pt/c1-43-38-61(67-41-56(43)44-32-34-48(35-33-44)66(2,3)4)70-57-29-12-11-26-52(57)53-37-36-51(40-60(53)70)71-50-25-17-24-49(39-50)68-42-69(59-31-14-13-30-58(59)68)65-63(46-18-7-5-8-19-46)54-27-15-22-45-23-16-28-55(62(45)54)64(65)47-20-9-6-10-21-47;/h5-14,17-21,24-26,29-38,41,45H,15-16,22-23,27-28H2,1-4H3;/q-2;. The van der Waals surface area contributed by atoms with Crippen molar-refractivity contribution in [1.82, 2.24) is 18.7 Å². The van der Waals surface area contributed by atoms with Gasteiger partial charge >= 0.3 is 337 Å². The van der Waals surface area contributed by atoms with Gasteiger partial charge in [0, 0.05) is 11.8 Å². The van der Waals surface area contributed by atoms with Crippen molar-refractivity contribution in [2.45, 2.75) is 77.6 Å². The molecule has 356 valence electrons. The molecule has 0 amide bonds. The van der Waals surface area contributed by atoms with Crippen molar-refractivity contribution in [3.63, 3.8) is 0 Å². The molecule has 0 saturated heterocycles. The Kier molecular flexibility index (Phi) is 11.0. The number of benzene rings is 8. The van der Waals surface area contributed by atoms with E-state index in [4.69, 9.17) is 9.72 Å². The number of ether oxygens (including phenoxy) is 1. The average molecular weight is 1110 g/mol. The number of imidazole rings is 1. The van der Waals surface area contributed by atoms with Crippen LogP contribution in [0.2, 0.25) is 0 Å². The molecule has 2 aliphatic carbocycles. The zero-order chi connectivity index (χ0) is 48.7. The summed E-state index contributed by atoms with van der Waals surface area (Å²) in [5.41, 5.74) is 21.2. The van der Waals surface area contributed by atoms with Crippen molar-refractivity contribution in [2.24, 2.45) is 0 Å². The van der Waals surface area contributed by atoms with Gasteiger partial charge in [-0.15, -0.1) is 0 Å². The van der Waals surface area contributed by atoms with Crippen LogP contribution in [0.3, 0.4) is 0 Å². The molecule has 0 fully saturated rings. The van der Waals surface area contributed by atoms with E-state index in [1.54, 1.807) is 16.7 Å². The second-order valence-electron chi connectivity index (χ2n) is 20.7. The quantitative estimate of drug-likeness (QED) is 0.142. The Hall–Kier alpha value is -7.33. The molecule has 0 atom stereocenters. The molecule has 0 unspecified atom stereocenters. The third-order valence-electron chi connectivity index (χ3n) is 15.3. The number of fused-ring (bicyclic) bond motifs is 4. The first-order valence-electron chi connectivity index (χ1n) is 25.4. The fourth-order valence-electron chi connectivity index (χ4n) is 12.0. The van der Waals surface area contributed by atoms with Crippen molar-refractivity contribution in [2.75, 3.05) is 0 Å². The van der Waals surface area contributed by atoms with E-state index in [-0.39, 0.29) is 5.41 Å². The van der Waals surface area contributed by atoms with E-state index in [0.717, 1.165) is 77.7 Å². The summed E-state index contributed by atoms with van der Waals surface area (Å²) in [5, 5.41) is 2.23. The summed E-state index contributed by atoms with van der Waals surface area (Å²) in [7, 11) is 0. The summed E-state index contributed by atoms with van der Waals surface area (Å²) >= 11 is 2.57. The average Bonchev–Trinajstić information content (AvgIpc) is 3.90. The first-order chi connectivity index (χ1) is 35.2. The van der Waals surface area contributed by atoms with Crippen LogP contribution in [-0.4, -0.2) is 18.7 Å². The van der Waals surface area contributed by atoms with E-state index in [1.165, 1.54) is 59.2 Å². The number of para-hydroxylation sites is 3. The smallest absolute Gasteiger partial charge is 0.0579 e. The van der Waals surface area contributed by atoms with Crippen LogP contribution in [0.15, 0.2) is 176 Å². The van der Waals surface area contributed by atoms with E-state index in [0.29, 0.717) is 17.4 Å². The third-order valence-corrected chi connectivity index (χ3v) is 16.3. The van der Waals surface area contributed by atoms with Gasteiger partial charge in [0.1, 0.15) is 0 Å². The van der Waals surface area contributed by atoms with Crippen LogP contribution in [0.1, 0.15) is 80.2 Å². The zero-order valence-corrected chi connectivity index (χ0v) is 43.3. The first kappa shape index (κ1) is 44.6. The van der Waals surface area contributed by atoms with Crippen LogP contribution in [0.5, 0.6) is 11.5 Å². The molecule has 0 N–H and O–H groups in total. The van der Waals surface area contributed by atoms with Crippen molar-refractivity contribution < 1.29 is 24.1 Å². The molecule has 11 aromatic rings. The van der Waals surface area contributed by atoms with Gasteiger partial charge in [-0.3, -0.25) is 0 Å². The summed E-state index contributed by atoms with van der Waals surface area (Å²) in [5.74, 6) is 2.67. The fourth-order valence-corrected chi connectivity index (χ4v) is 13.1. The number of aryl methyl sites for hydroxylation is 1. The van der Waals surface area contributed by atoms with E-state index in [2.05, 4.69) is 231 Å². The Morgan fingerprint density at radius 1 is 0.583 bits per heavy atom. The fraction of sp³-hybridized carbons (Fsp3) is 0.182. The van der Waals surface area contributed by atoms with E-state index < -0.39 is 0 Å². The Labute approximate surface area is 432 Å². The van der Waals surface area contributed by atoms with Gasteiger partial charge in [-0.1, -0.05) is 57.2 Å². The van der Waals surface area contributed by atoms with Gasteiger partial charge in [0.05, 0.1) is 0 Å². The van der Waals surface area contributed by atoms with Crippen LogP contribution < -0.4 is 4.74 Å². The molecular formula is C66H54N4OPt-2. The number of pyridine rings is 1. The van der Waals surface area contributed by atoms with Gasteiger partial charge in [0.2, 0.25) is 0 Å². The Morgan fingerprint density at radius 3 is 1.85 bits per heavy atom. The summed E-state index contributed by atoms with van der Waals surface area (Å²) in [6.45, 7) is 8.92. The summed E-state index contributed by atoms with van der Waals surface area (Å²) < 4.78 is 15.0. The second-order valence-corrected chi connectivity index (χ2v) is 21.7. The number of aromatic nitrogens is 4. The van der Waals surface area contributed by atoms with Gasteiger partial charge in [-0.2, -0.15) is 0 Å². The topological polar surface area (TPSA) is 36.9 Å². The number of hydrogen-bond donors (Lipinski definition) is 0. The zero-order valence-electron chi connectivity index (χ0n) is 41.1. The van der Waals surface area contributed by atoms with Crippen molar-refractivity contribution in [3.05, 3.63) is 220 Å². The molecule has 8 aromatic carbocycles. The first-order valence-corrected chi connectivity index (χ1v) is 26.6. The SMILES string of the molecule is Cc1cc(-n2c3[c-]c(Oc4[c-]c(-n5[c](=[Pt])n(-c6c(-c7ccccc7)c7c8c(c6-c6ccccc6)CCCC8CCC7)c6ccccc65)ccc4)ccc3c3ccccc32)ncc1-c1ccc(C(C)(C)C)cc1. The third kappa shape index (κ3) is 7.47. The predicted octanol–water partition coefficient (Wildman–Crippen LogP) is 16.7. The number of hydrogen-bond acceptors (Lipinski definition) is 2. The molecule has 0 radical (unpaired) electrons. The molecule has 5 nitrogen and oxygen atoms in total. The number of rotatable bonds is 8. The van der Waals surface area contributed by atoms with Crippen LogP contribution in [0, 0.1) is 22.9 Å². The van der Waals surface area contributed by atoms with E-state index in [1.807, 2.05) is 18.3 Å². The molecule has 2 aliphatic rings. The summed E-state index contributed by atoms with van der Waals surface area (Å²) in [4.78, 5) is 5.12. The number of nitrogens with zero attached hydrogens (tertiary/aromatic N) is 4. The summed E-state index contributed by atoms with van der Waals surface area (Å²) in [6.07, 6.45) is 9.17. The van der Waals surface area contributed by atoms with Gasteiger partial charge in [-0.05, 0) is 29.0 Å². The minimum atomic E-state index is 0.0921. The van der Waals surface area contributed by atoms with Gasteiger partial charge in [0.25, 0.3) is 0 Å². The molecule has 13 rings (SSSR count). The molecule has 0 aliphatic heterocycles. The molecule has 3 heterocycles. The molecule has 72 heavy (non-hydrogen) atoms. The van der Waals surface area contributed by atoms with Crippen LogP contribution in [-0.2, 0) is 37.6 Å². The predicted molar refractivity (Wildman–Crippen MR) is 291 cm³/mol. The maximum atomic E-state index is 6.81. The van der Waals surface area contributed by atoms with Crippen LogP contribution in [0.25, 0.3) is 83.4 Å².